The van der Waals surface area contributed by atoms with Gasteiger partial charge < -0.3 is 4.57 Å². The van der Waals surface area contributed by atoms with E-state index in [0.29, 0.717) is 5.95 Å². The highest BCUT2D eigenvalue weighted by Crippen LogP contribution is 2.51. The maximum atomic E-state index is 5.50. The van der Waals surface area contributed by atoms with Crippen molar-refractivity contribution in [3.05, 3.63) is 231 Å². The van der Waals surface area contributed by atoms with E-state index >= 15 is 0 Å². The molecule has 0 unspecified atom stereocenters. The molecule has 0 N–H and O–H groups in total. The second kappa shape index (κ2) is 14.2. The Labute approximate surface area is 391 Å². The van der Waals surface area contributed by atoms with Crippen molar-refractivity contribution in [1.82, 2.24) is 19.1 Å². The summed E-state index contributed by atoms with van der Waals surface area (Å²) in [5, 5.41) is 10.7. The summed E-state index contributed by atoms with van der Waals surface area (Å²) in [6.07, 6.45) is 0. The van der Waals surface area contributed by atoms with Gasteiger partial charge in [-0.25, -0.2) is 9.97 Å². The number of aromatic nitrogens is 4. The smallest absolute Gasteiger partial charge is 0.235 e. The van der Waals surface area contributed by atoms with Gasteiger partial charge in [0.1, 0.15) is 0 Å². The first-order chi connectivity index (χ1) is 33.7. The largest absolute Gasteiger partial charge is 0.309 e. The quantitative estimate of drug-likeness (QED) is 0.162. The molecule has 0 fully saturated rings. The Morgan fingerprint density at radius 2 is 0.868 bits per heavy atom. The lowest BCUT2D eigenvalue weighted by molar-refractivity contribution is 1.02. The Balaban J connectivity index is 0.941. The van der Waals surface area contributed by atoms with Crippen LogP contribution < -0.4 is 0 Å². The highest BCUT2D eigenvalue weighted by Gasteiger charge is 2.26. The van der Waals surface area contributed by atoms with E-state index in [1.54, 1.807) is 0 Å². The minimum absolute atomic E-state index is 0.648. The summed E-state index contributed by atoms with van der Waals surface area (Å²) in [7, 11) is 0. The van der Waals surface area contributed by atoms with Crippen molar-refractivity contribution in [3.63, 3.8) is 0 Å². The third-order valence-electron chi connectivity index (χ3n) is 14.5. The fourth-order valence-corrected chi connectivity index (χ4v) is 11.4. The molecule has 0 atom stereocenters. The molecule has 314 valence electrons. The van der Waals surface area contributed by atoms with Crippen LogP contribution in [0.25, 0.3) is 143 Å². The normalized spacial score (nSPS) is 12.1. The summed E-state index contributed by atoms with van der Waals surface area (Å²) >= 11 is 0. The lowest BCUT2D eigenvalue weighted by Gasteiger charge is -2.14. The highest BCUT2D eigenvalue weighted by molar-refractivity contribution is 6.29. The van der Waals surface area contributed by atoms with Crippen molar-refractivity contribution in [2.45, 2.75) is 0 Å². The summed E-state index contributed by atoms with van der Waals surface area (Å²) < 4.78 is 4.71. The minimum Gasteiger partial charge on any atom is -0.309 e. The molecule has 0 saturated carbocycles. The summed E-state index contributed by atoms with van der Waals surface area (Å²) in [4.78, 5) is 11.0. The van der Waals surface area contributed by atoms with Gasteiger partial charge in [0, 0.05) is 43.6 Å². The molecule has 14 aromatic rings. The van der Waals surface area contributed by atoms with E-state index < -0.39 is 0 Å². The molecule has 0 bridgehead atoms. The van der Waals surface area contributed by atoms with Gasteiger partial charge in [-0.1, -0.05) is 176 Å². The lowest BCUT2D eigenvalue weighted by atomic mass is 9.96. The van der Waals surface area contributed by atoms with Gasteiger partial charge in [0.2, 0.25) is 5.95 Å². The molecule has 0 spiro atoms. The summed E-state index contributed by atoms with van der Waals surface area (Å²) in [6.45, 7) is 0. The molecule has 0 radical (unpaired) electrons. The third kappa shape index (κ3) is 5.31. The fraction of sp³-hybridized carbons (Fsp3) is 0. The molecule has 68 heavy (non-hydrogen) atoms. The van der Waals surface area contributed by atoms with Crippen LogP contribution >= 0.6 is 0 Å². The van der Waals surface area contributed by atoms with Crippen molar-refractivity contribution in [2.75, 3.05) is 0 Å². The van der Waals surface area contributed by atoms with E-state index in [0.717, 1.165) is 66.0 Å². The molecule has 0 aliphatic heterocycles. The Bertz CT molecular complexity index is 4410. The van der Waals surface area contributed by atoms with E-state index in [9.17, 15) is 0 Å². The number of hydrogen-bond acceptors (Lipinski definition) is 2. The van der Waals surface area contributed by atoms with Crippen LogP contribution in [0.5, 0.6) is 0 Å². The first-order valence-electron chi connectivity index (χ1n) is 23.3. The first kappa shape index (κ1) is 37.1. The molecular formula is C64H38N4. The molecule has 1 aliphatic carbocycles. The van der Waals surface area contributed by atoms with E-state index in [-0.39, 0.29) is 0 Å². The van der Waals surface area contributed by atoms with E-state index in [4.69, 9.17) is 9.97 Å². The average molecular weight is 863 g/mol. The summed E-state index contributed by atoms with van der Waals surface area (Å²) in [6, 6.07) is 83.8. The summed E-state index contributed by atoms with van der Waals surface area (Å²) in [5.74, 6) is 0.648. The van der Waals surface area contributed by atoms with Crippen LogP contribution in [0, 0.1) is 0 Å². The lowest BCUT2D eigenvalue weighted by Crippen LogP contribution is -2.03. The minimum atomic E-state index is 0.648. The van der Waals surface area contributed by atoms with Gasteiger partial charge >= 0.3 is 0 Å². The number of fused-ring (bicyclic) bond motifs is 13. The number of hydrogen-bond donors (Lipinski definition) is 0. The van der Waals surface area contributed by atoms with E-state index in [1.165, 1.54) is 71.5 Å². The monoisotopic (exact) mass is 862 g/mol. The SMILES string of the molecule is c1ccc(-c2ccc(-c3nc(-n4c5ccccc5c5cc(-c6ccc7c(c6)c6c8cccc9c8c(cc6n7-c6ccccc6)-c6ccccc6-9)ccc54)nc4c3ccc3ccccc34)cc2)cc1. The van der Waals surface area contributed by atoms with Gasteiger partial charge in [-0.2, -0.15) is 0 Å². The predicted octanol–water partition coefficient (Wildman–Crippen LogP) is 16.8. The Morgan fingerprint density at radius 3 is 1.68 bits per heavy atom. The zero-order valence-electron chi connectivity index (χ0n) is 36.7. The second-order valence-corrected chi connectivity index (χ2v) is 18.1. The Hall–Kier alpha value is -9.12. The zero-order valence-corrected chi connectivity index (χ0v) is 36.7. The molecular weight excluding hydrogens is 825 g/mol. The van der Waals surface area contributed by atoms with Gasteiger partial charge in [0.15, 0.2) is 0 Å². The maximum absolute atomic E-state index is 5.50. The first-order valence-corrected chi connectivity index (χ1v) is 23.3. The molecule has 4 heteroatoms. The van der Waals surface area contributed by atoms with Gasteiger partial charge in [-0.3, -0.25) is 4.57 Å². The van der Waals surface area contributed by atoms with Crippen LogP contribution in [0.4, 0.5) is 0 Å². The highest BCUT2D eigenvalue weighted by atomic mass is 15.2. The van der Waals surface area contributed by atoms with Crippen molar-refractivity contribution in [1.29, 1.82) is 0 Å². The molecule has 1 aliphatic rings. The summed E-state index contributed by atoms with van der Waals surface area (Å²) in [5.41, 5.74) is 18.5. The van der Waals surface area contributed by atoms with Crippen molar-refractivity contribution in [3.8, 4) is 67.4 Å². The molecule has 0 amide bonds. The zero-order chi connectivity index (χ0) is 44.5. The second-order valence-electron chi connectivity index (χ2n) is 18.1. The van der Waals surface area contributed by atoms with Crippen molar-refractivity contribution < 1.29 is 0 Å². The van der Waals surface area contributed by atoms with Crippen LogP contribution in [-0.2, 0) is 0 Å². The van der Waals surface area contributed by atoms with E-state index in [2.05, 4.69) is 240 Å². The van der Waals surface area contributed by atoms with Crippen LogP contribution in [0.2, 0.25) is 0 Å². The molecule has 3 aromatic heterocycles. The molecule has 15 rings (SSSR count). The fourth-order valence-electron chi connectivity index (χ4n) is 11.4. The van der Waals surface area contributed by atoms with Gasteiger partial charge in [0.05, 0.1) is 33.3 Å². The van der Waals surface area contributed by atoms with Crippen molar-refractivity contribution >= 4 is 76.1 Å². The Morgan fingerprint density at radius 1 is 0.279 bits per heavy atom. The number of rotatable bonds is 5. The Kier molecular flexibility index (Phi) is 7.75. The molecule has 0 saturated heterocycles. The standard InChI is InChI=1S/C64H38N4/c1-3-14-39(15-4-1)40-26-28-42(29-27-40)62-52-33-30-41-16-7-8-19-46(41)63(52)66-64(65-62)68-56-25-12-11-22-49(56)53-36-43(31-34-57(53)68)44-32-35-58-55(37-44)61-51-24-13-23-50-47-20-9-10-21-48(47)54(60(50)51)38-59(61)67(58)45-17-5-2-6-18-45/h1-38H. The predicted molar refractivity (Wildman–Crippen MR) is 284 cm³/mol. The molecule has 4 nitrogen and oxygen atoms in total. The van der Waals surface area contributed by atoms with Gasteiger partial charge in [0.25, 0.3) is 0 Å². The number of nitrogens with zero attached hydrogens (tertiary/aromatic N) is 4. The molecule has 3 heterocycles. The molecule has 11 aromatic carbocycles. The van der Waals surface area contributed by atoms with Gasteiger partial charge in [-0.15, -0.1) is 0 Å². The van der Waals surface area contributed by atoms with Gasteiger partial charge in [-0.05, 0) is 115 Å². The topological polar surface area (TPSA) is 35.6 Å². The average Bonchev–Trinajstić information content (AvgIpc) is 4.04. The maximum Gasteiger partial charge on any atom is 0.235 e. The van der Waals surface area contributed by atoms with Crippen LogP contribution in [-0.4, -0.2) is 19.1 Å². The van der Waals surface area contributed by atoms with E-state index in [1.807, 2.05) is 0 Å². The van der Waals surface area contributed by atoms with Crippen molar-refractivity contribution in [2.24, 2.45) is 0 Å². The third-order valence-corrected chi connectivity index (χ3v) is 14.5. The van der Waals surface area contributed by atoms with Crippen LogP contribution in [0.3, 0.4) is 0 Å². The van der Waals surface area contributed by atoms with Crippen LogP contribution in [0.1, 0.15) is 0 Å². The number of para-hydroxylation sites is 2. The number of benzene rings is 11. The van der Waals surface area contributed by atoms with Crippen LogP contribution in [0.15, 0.2) is 231 Å².